The van der Waals surface area contributed by atoms with Crippen molar-refractivity contribution in [2.45, 2.75) is 78.4 Å². The van der Waals surface area contributed by atoms with Gasteiger partial charge in [0.1, 0.15) is 11.2 Å². The first-order valence-electron chi connectivity index (χ1n) is 22.8. The summed E-state index contributed by atoms with van der Waals surface area (Å²) in [5.74, 6) is -2.32. The number of nitrogens with zero attached hydrogens (tertiary/aromatic N) is 4. The van der Waals surface area contributed by atoms with Crippen LogP contribution in [0.4, 0.5) is 32.3 Å². The van der Waals surface area contributed by atoms with Crippen LogP contribution in [0.2, 0.25) is 0 Å². The highest BCUT2D eigenvalue weighted by molar-refractivity contribution is 5.97. The summed E-state index contributed by atoms with van der Waals surface area (Å²) in [6, 6.07) is 22.2. The van der Waals surface area contributed by atoms with Gasteiger partial charge in [0, 0.05) is 80.8 Å². The number of hydrogen-bond acceptors (Lipinski definition) is 13. The number of rotatable bonds is 9. The Bertz CT molecular complexity index is 2610. The van der Waals surface area contributed by atoms with Crippen molar-refractivity contribution in [2.24, 2.45) is 11.8 Å². The number of carbonyl (C=O) groups is 6. The molecule has 0 radical (unpaired) electrons. The number of carbonyl (C=O) groups excluding carboxylic acids is 5. The van der Waals surface area contributed by atoms with Crippen LogP contribution < -0.4 is 21.7 Å². The fourth-order valence-corrected chi connectivity index (χ4v) is 7.43. The minimum Gasteiger partial charge on any atom is -0.481 e. The first kappa shape index (κ1) is 55.5. The maximum atomic E-state index is 12.9. The molecular weight excluding hydrogens is 921 g/mol. The number of carboxylic acids is 1. The molecule has 71 heavy (non-hydrogen) atoms. The number of carboxylic acid groups (broad SMARTS) is 1. The summed E-state index contributed by atoms with van der Waals surface area (Å²) in [4.78, 5) is 95.8. The van der Waals surface area contributed by atoms with E-state index in [4.69, 9.17) is 20.3 Å². The number of nitrogens with one attached hydrogen (secondary N) is 3. The van der Waals surface area contributed by atoms with Crippen LogP contribution >= 0.6 is 0 Å². The normalized spacial score (nSPS) is 14.0. The lowest BCUT2D eigenvalue weighted by Crippen LogP contribution is -2.43. The lowest BCUT2D eigenvalue weighted by atomic mass is 9.96. The van der Waals surface area contributed by atoms with Crippen molar-refractivity contribution in [3.8, 4) is 22.3 Å². The van der Waals surface area contributed by atoms with E-state index >= 15 is 0 Å². The molecule has 0 bridgehead atoms. The van der Waals surface area contributed by atoms with Crippen LogP contribution in [0.25, 0.3) is 22.3 Å². The zero-order valence-electron chi connectivity index (χ0n) is 41.1. The van der Waals surface area contributed by atoms with E-state index in [9.17, 15) is 49.0 Å². The molecule has 6 N–H and O–H groups in total. The van der Waals surface area contributed by atoms with Gasteiger partial charge in [-0.05, 0) is 127 Å². The fourth-order valence-electron chi connectivity index (χ4n) is 7.43. The lowest BCUT2D eigenvalue weighted by Gasteiger charge is -2.32. The Kier molecular flexibility index (Phi) is 19.1. The van der Waals surface area contributed by atoms with Gasteiger partial charge in [0.05, 0.1) is 26.9 Å². The highest BCUT2D eigenvalue weighted by Crippen LogP contribution is 2.34. The van der Waals surface area contributed by atoms with Gasteiger partial charge in [-0.25, -0.2) is 9.59 Å². The molecule has 21 heteroatoms. The highest BCUT2D eigenvalue weighted by atomic mass is 16.6. The van der Waals surface area contributed by atoms with Gasteiger partial charge in [0.15, 0.2) is 0 Å². The van der Waals surface area contributed by atoms with Crippen molar-refractivity contribution in [3.05, 3.63) is 116 Å². The smallest absolute Gasteiger partial charge is 0.410 e. The summed E-state index contributed by atoms with van der Waals surface area (Å²) in [7, 11) is 2.93. The number of likely N-dealkylation sites (tertiary alicyclic amines) is 2. The predicted octanol–water partition coefficient (Wildman–Crippen LogP) is 8.13. The molecule has 0 spiro atoms. The van der Waals surface area contributed by atoms with Gasteiger partial charge < -0.3 is 46.1 Å². The molecule has 4 aromatic rings. The monoisotopic (exact) mass is 982 g/mol. The van der Waals surface area contributed by atoms with E-state index < -0.39 is 32.9 Å². The number of nitro groups is 2. The Morgan fingerprint density at radius 1 is 0.620 bits per heavy atom. The minimum absolute atomic E-state index is 0.128. The highest BCUT2D eigenvalue weighted by Gasteiger charge is 2.31. The number of hydrogen-bond donors (Lipinski definition) is 5. The average molecular weight is 983 g/mol. The maximum absolute atomic E-state index is 12.9. The van der Waals surface area contributed by atoms with Gasteiger partial charge in [0.2, 0.25) is 5.91 Å². The second-order valence-electron chi connectivity index (χ2n) is 18.7. The molecule has 0 aliphatic carbocycles. The van der Waals surface area contributed by atoms with Crippen LogP contribution in [0, 0.1) is 32.1 Å². The Hall–Kier alpha value is -8.10. The summed E-state index contributed by atoms with van der Waals surface area (Å²) in [5, 5.41) is 39.4. The van der Waals surface area contributed by atoms with Gasteiger partial charge in [-0.2, -0.15) is 0 Å². The maximum Gasteiger partial charge on any atom is 0.410 e. The SMILES string of the molecule is CC(C)(C)OC(=O)N1CCC(C(=O)O)CC1.CNC(=O)c1ccc(-c2cccc(N)c2)c([N+](=O)[O-])c1.CNC(=O)c1ccc(-c2cccc(NC(=O)C3CCN(C(=O)OC(C)(C)C)CC3)c2)c([N+](=O)[O-])c1. The summed E-state index contributed by atoms with van der Waals surface area (Å²) in [6.45, 7) is 12.7. The summed E-state index contributed by atoms with van der Waals surface area (Å²) >= 11 is 0. The van der Waals surface area contributed by atoms with Crippen molar-refractivity contribution >= 4 is 58.6 Å². The van der Waals surface area contributed by atoms with Crippen molar-refractivity contribution in [2.75, 3.05) is 51.3 Å². The third-order valence-electron chi connectivity index (χ3n) is 11.0. The summed E-state index contributed by atoms with van der Waals surface area (Å²) in [6.07, 6.45) is 1.31. The molecule has 380 valence electrons. The molecule has 0 atom stereocenters. The fraction of sp³-hybridized carbons (Fsp3) is 0.400. The Morgan fingerprint density at radius 2 is 1.03 bits per heavy atom. The van der Waals surface area contributed by atoms with Crippen molar-refractivity contribution in [1.29, 1.82) is 0 Å². The molecular formula is C50H62N8O13. The molecule has 2 aliphatic rings. The van der Waals surface area contributed by atoms with Crippen LogP contribution in [0.5, 0.6) is 0 Å². The second-order valence-corrected chi connectivity index (χ2v) is 18.7. The standard InChI is InChI=1S/C25H30N4O6.C14H13N3O3.C11H19NO4/c1-25(2,3)35-24(32)28-12-10-16(11-13-28)23(31)27-19-7-5-6-17(14-19)20-9-8-18(22(30)26-4)15-21(20)29(33)34;1-16-14(18)10-5-6-12(13(8-10)17(19)20)9-3-2-4-11(15)7-9;1-11(2,3)16-10(15)12-6-4-8(5-7-12)9(13)14/h5-9,14-16H,10-13H2,1-4H3,(H,26,30)(H,27,31);2-8H,15H2,1H3,(H,16,18);8H,4-7H2,1-3H3,(H,13,14). The van der Waals surface area contributed by atoms with E-state index in [0.717, 1.165) is 0 Å². The molecule has 0 unspecified atom stereocenters. The van der Waals surface area contributed by atoms with E-state index in [2.05, 4.69) is 16.0 Å². The van der Waals surface area contributed by atoms with Gasteiger partial charge in [-0.1, -0.05) is 24.3 Å². The average Bonchev–Trinajstić information content (AvgIpc) is 3.32. The number of nitro benzene ring substituents is 2. The zero-order chi connectivity index (χ0) is 52.8. The number of amides is 5. The van der Waals surface area contributed by atoms with E-state index in [0.29, 0.717) is 85.5 Å². The topological polar surface area (TPSA) is 296 Å². The second kappa shape index (κ2) is 24.4. The number of nitrogen functional groups attached to an aromatic ring is 1. The third-order valence-corrected chi connectivity index (χ3v) is 11.0. The first-order valence-corrected chi connectivity index (χ1v) is 22.8. The zero-order valence-corrected chi connectivity index (χ0v) is 41.1. The number of nitrogens with two attached hydrogens (primary N) is 1. The number of piperidine rings is 2. The van der Waals surface area contributed by atoms with Gasteiger partial charge >= 0.3 is 18.2 Å². The molecule has 5 amide bonds. The number of aliphatic carboxylic acids is 1. The van der Waals surface area contributed by atoms with Crippen LogP contribution in [0.1, 0.15) is 87.9 Å². The number of anilines is 2. The lowest BCUT2D eigenvalue weighted by molar-refractivity contribution is -0.384. The summed E-state index contributed by atoms with van der Waals surface area (Å²) in [5.41, 5.74) is 7.68. The molecule has 2 saturated heterocycles. The Balaban J connectivity index is 0.000000256. The number of benzene rings is 4. The molecule has 21 nitrogen and oxygen atoms in total. The van der Waals surface area contributed by atoms with Crippen LogP contribution in [-0.2, 0) is 19.1 Å². The Labute approximate surface area is 411 Å². The van der Waals surface area contributed by atoms with Gasteiger partial charge in [0.25, 0.3) is 23.2 Å². The molecule has 6 rings (SSSR count). The van der Waals surface area contributed by atoms with Gasteiger partial charge in [-0.3, -0.25) is 39.4 Å². The molecule has 0 aromatic heterocycles. The minimum atomic E-state index is -0.774. The van der Waals surface area contributed by atoms with E-state index in [1.807, 2.05) is 41.5 Å². The molecule has 0 saturated carbocycles. The molecule has 4 aromatic carbocycles. The van der Waals surface area contributed by atoms with Crippen LogP contribution in [0.3, 0.4) is 0 Å². The van der Waals surface area contributed by atoms with Crippen LogP contribution in [-0.4, -0.2) is 112 Å². The molecule has 2 aliphatic heterocycles. The van der Waals surface area contributed by atoms with E-state index in [1.54, 1.807) is 70.5 Å². The molecule has 2 heterocycles. The quantitative estimate of drug-likeness (QED) is 0.0601. The largest absolute Gasteiger partial charge is 0.481 e. The summed E-state index contributed by atoms with van der Waals surface area (Å²) < 4.78 is 10.6. The van der Waals surface area contributed by atoms with E-state index in [1.165, 1.54) is 38.4 Å². The molecule has 2 fully saturated rings. The predicted molar refractivity (Wildman–Crippen MR) is 266 cm³/mol. The Morgan fingerprint density at radius 3 is 1.41 bits per heavy atom. The van der Waals surface area contributed by atoms with Crippen molar-refractivity contribution in [1.82, 2.24) is 20.4 Å². The van der Waals surface area contributed by atoms with Gasteiger partial charge in [-0.15, -0.1) is 0 Å². The van der Waals surface area contributed by atoms with Crippen molar-refractivity contribution < 1.29 is 53.2 Å². The van der Waals surface area contributed by atoms with Crippen LogP contribution in [0.15, 0.2) is 84.9 Å². The first-order chi connectivity index (χ1) is 33.3. The third kappa shape index (κ3) is 16.5. The van der Waals surface area contributed by atoms with Crippen molar-refractivity contribution in [3.63, 3.8) is 0 Å². The number of ether oxygens (including phenoxy) is 2. The van der Waals surface area contributed by atoms with E-state index in [-0.39, 0.29) is 58.3 Å².